The molecule has 7 nitrogen and oxygen atoms in total. The number of benzene rings is 3. The van der Waals surface area contributed by atoms with Crippen LogP contribution < -0.4 is 15.4 Å². The summed E-state index contributed by atoms with van der Waals surface area (Å²) >= 11 is 0. The second-order valence-corrected chi connectivity index (χ2v) is 10.3. The van der Waals surface area contributed by atoms with Gasteiger partial charge in [-0.15, -0.1) is 0 Å². The minimum atomic E-state index is -1.23. The van der Waals surface area contributed by atoms with Crippen molar-refractivity contribution in [3.05, 3.63) is 82.9 Å². The predicted molar refractivity (Wildman–Crippen MR) is 144 cm³/mol. The quantitative estimate of drug-likeness (QED) is 0.355. The smallest absolute Gasteiger partial charge is 0.337 e. The first-order valence-corrected chi connectivity index (χ1v) is 12.5. The van der Waals surface area contributed by atoms with Crippen LogP contribution in [0.1, 0.15) is 55.5 Å². The summed E-state index contributed by atoms with van der Waals surface area (Å²) in [6.07, 6.45) is 0.614. The van der Waals surface area contributed by atoms with Gasteiger partial charge in [-0.2, -0.15) is 0 Å². The topological polar surface area (TPSA) is 96.9 Å². The van der Waals surface area contributed by atoms with Gasteiger partial charge in [-0.25, -0.2) is 9.59 Å². The lowest BCUT2D eigenvalue weighted by Gasteiger charge is -2.28. The number of aryl methyl sites for hydroxylation is 2. The first-order valence-electron chi connectivity index (χ1n) is 12.5. The Balaban J connectivity index is 1.71. The molecule has 1 heterocycles. The lowest BCUT2D eigenvalue weighted by atomic mass is 9.89. The van der Waals surface area contributed by atoms with E-state index in [1.807, 2.05) is 76.2 Å². The van der Waals surface area contributed by atoms with Gasteiger partial charge < -0.3 is 25.2 Å². The zero-order chi connectivity index (χ0) is 26.6. The largest absolute Gasteiger partial charge is 0.493 e. The van der Waals surface area contributed by atoms with Crippen LogP contribution in [-0.4, -0.2) is 29.3 Å². The van der Waals surface area contributed by atoms with Crippen molar-refractivity contribution in [3.63, 3.8) is 0 Å². The molecule has 3 N–H and O–H groups in total. The van der Waals surface area contributed by atoms with Gasteiger partial charge in [-0.05, 0) is 92.6 Å². The number of nitrogens with one attached hydrogen (secondary N) is 2. The predicted octanol–water partition coefficient (Wildman–Crippen LogP) is 6.25. The van der Waals surface area contributed by atoms with E-state index < -0.39 is 17.7 Å². The minimum Gasteiger partial charge on any atom is -0.493 e. The van der Waals surface area contributed by atoms with Gasteiger partial charge in [0.25, 0.3) is 0 Å². The van der Waals surface area contributed by atoms with Gasteiger partial charge in [-0.3, -0.25) is 0 Å². The third-order valence-electron chi connectivity index (χ3n) is 6.10. The van der Waals surface area contributed by atoms with E-state index in [0.717, 1.165) is 46.4 Å². The number of carbonyl (C=O) groups excluding carboxylic acids is 1. The highest BCUT2D eigenvalue weighted by molar-refractivity contribution is 5.91. The van der Waals surface area contributed by atoms with E-state index in [4.69, 9.17) is 9.47 Å². The molecule has 1 unspecified atom stereocenters. The monoisotopic (exact) mass is 502 g/mol. The second-order valence-electron chi connectivity index (χ2n) is 10.3. The van der Waals surface area contributed by atoms with Crippen LogP contribution in [0.4, 0.5) is 10.5 Å². The third kappa shape index (κ3) is 6.68. The number of amides is 2. The molecule has 0 aliphatic carbocycles. The molecule has 0 fully saturated rings. The van der Waals surface area contributed by atoms with E-state index in [1.165, 1.54) is 0 Å². The maximum Gasteiger partial charge on any atom is 0.337 e. The summed E-state index contributed by atoms with van der Waals surface area (Å²) in [5, 5.41) is 15.9. The summed E-state index contributed by atoms with van der Waals surface area (Å²) in [6.45, 7) is 8.46. The van der Waals surface area contributed by atoms with E-state index in [1.54, 1.807) is 6.07 Å². The number of carbonyl (C=O) groups is 2. The average molecular weight is 503 g/mol. The SMILES string of the molecule is Cc1cc(NC(=O)NCc2ccccc2)cc(C(OC(C)(C)C)C(=O)O)c1-c1ccc2c(c1)CCCO2. The summed E-state index contributed by atoms with van der Waals surface area (Å²) in [5.41, 5.74) is 4.85. The van der Waals surface area contributed by atoms with E-state index in [0.29, 0.717) is 24.4 Å². The van der Waals surface area contributed by atoms with Crippen LogP contribution in [0.25, 0.3) is 11.1 Å². The molecule has 37 heavy (non-hydrogen) atoms. The van der Waals surface area contributed by atoms with Crippen molar-refractivity contribution in [2.45, 2.75) is 58.8 Å². The Morgan fingerprint density at radius 2 is 1.84 bits per heavy atom. The van der Waals surface area contributed by atoms with Crippen molar-refractivity contribution in [2.75, 3.05) is 11.9 Å². The number of rotatable bonds is 7. The Morgan fingerprint density at radius 3 is 2.54 bits per heavy atom. The molecule has 0 bridgehead atoms. The maximum absolute atomic E-state index is 12.7. The highest BCUT2D eigenvalue weighted by atomic mass is 16.5. The molecule has 3 aromatic carbocycles. The summed E-state index contributed by atoms with van der Waals surface area (Å²) in [5.74, 6) is -0.231. The Labute approximate surface area is 217 Å². The van der Waals surface area contributed by atoms with Crippen molar-refractivity contribution in [1.82, 2.24) is 5.32 Å². The number of hydrogen-bond donors (Lipinski definition) is 3. The summed E-state index contributed by atoms with van der Waals surface area (Å²) in [4.78, 5) is 25.1. The van der Waals surface area contributed by atoms with Gasteiger partial charge in [0.15, 0.2) is 6.10 Å². The van der Waals surface area contributed by atoms with Crippen LogP contribution in [0.2, 0.25) is 0 Å². The van der Waals surface area contributed by atoms with Crippen LogP contribution in [0, 0.1) is 6.92 Å². The number of carboxylic acids is 1. The van der Waals surface area contributed by atoms with Crippen molar-refractivity contribution < 1.29 is 24.2 Å². The van der Waals surface area contributed by atoms with Gasteiger partial charge in [-0.1, -0.05) is 36.4 Å². The molecule has 0 radical (unpaired) electrons. The molecule has 0 saturated heterocycles. The van der Waals surface area contributed by atoms with E-state index >= 15 is 0 Å². The number of fused-ring (bicyclic) bond motifs is 1. The first kappa shape index (κ1) is 26.2. The van der Waals surface area contributed by atoms with Gasteiger partial charge in [0.05, 0.1) is 12.2 Å². The van der Waals surface area contributed by atoms with Crippen molar-refractivity contribution in [1.29, 1.82) is 0 Å². The number of anilines is 1. The van der Waals surface area contributed by atoms with Crippen LogP contribution in [0.5, 0.6) is 5.75 Å². The molecular formula is C30H34N2O5. The number of aliphatic carboxylic acids is 1. The molecule has 0 aromatic heterocycles. The van der Waals surface area contributed by atoms with E-state index in [9.17, 15) is 14.7 Å². The highest BCUT2D eigenvalue weighted by Crippen LogP contribution is 2.39. The first-order chi connectivity index (χ1) is 17.6. The van der Waals surface area contributed by atoms with E-state index in [-0.39, 0.29) is 6.03 Å². The van der Waals surface area contributed by atoms with Gasteiger partial charge >= 0.3 is 12.0 Å². The minimum absolute atomic E-state index is 0.374. The lowest BCUT2D eigenvalue weighted by Crippen LogP contribution is -2.29. The van der Waals surface area contributed by atoms with Crippen LogP contribution in [0.15, 0.2) is 60.7 Å². The lowest BCUT2D eigenvalue weighted by molar-refractivity contribution is -0.160. The standard InChI is InChI=1S/C30H34N2O5/c1-19-15-23(32-29(35)31-18-20-9-6-5-7-10-20)17-24(27(28(33)34)37-30(2,3)4)26(19)22-12-13-25-21(16-22)11-8-14-36-25/h5-7,9-10,12-13,15-17,27H,8,11,14,18H2,1-4H3,(H,33,34)(H2,31,32,35). The molecular weight excluding hydrogens is 468 g/mol. The summed E-state index contributed by atoms with van der Waals surface area (Å²) in [6, 6.07) is 18.7. The van der Waals surface area contributed by atoms with Gasteiger partial charge in [0.2, 0.25) is 0 Å². The molecule has 2 amide bonds. The van der Waals surface area contributed by atoms with Crippen LogP contribution in [0.3, 0.4) is 0 Å². The Morgan fingerprint density at radius 1 is 1.08 bits per heavy atom. The fourth-order valence-corrected chi connectivity index (χ4v) is 4.56. The molecule has 1 aliphatic heterocycles. The third-order valence-corrected chi connectivity index (χ3v) is 6.10. The fraction of sp³-hybridized carbons (Fsp3) is 0.333. The van der Waals surface area contributed by atoms with Crippen molar-refractivity contribution >= 4 is 17.7 Å². The Hall–Kier alpha value is -3.84. The number of carboxylic acid groups (broad SMARTS) is 1. The molecule has 1 aliphatic rings. The zero-order valence-electron chi connectivity index (χ0n) is 21.8. The fourth-order valence-electron chi connectivity index (χ4n) is 4.56. The maximum atomic E-state index is 12.7. The van der Waals surface area contributed by atoms with Gasteiger partial charge in [0, 0.05) is 17.8 Å². The molecule has 0 saturated carbocycles. The second kappa shape index (κ2) is 11.0. The van der Waals surface area contributed by atoms with Crippen molar-refractivity contribution in [2.24, 2.45) is 0 Å². The average Bonchev–Trinajstić information content (AvgIpc) is 2.85. The number of ether oxygens (including phenoxy) is 2. The van der Waals surface area contributed by atoms with Gasteiger partial charge in [0.1, 0.15) is 5.75 Å². The molecule has 194 valence electrons. The molecule has 4 rings (SSSR count). The summed E-state index contributed by atoms with van der Waals surface area (Å²) in [7, 11) is 0. The molecule has 1 atom stereocenters. The highest BCUT2D eigenvalue weighted by Gasteiger charge is 2.30. The van der Waals surface area contributed by atoms with E-state index in [2.05, 4.69) is 16.7 Å². The number of urea groups is 1. The van der Waals surface area contributed by atoms with Crippen molar-refractivity contribution in [3.8, 4) is 16.9 Å². The normalized spacial score (nSPS) is 13.7. The zero-order valence-corrected chi connectivity index (χ0v) is 21.8. The summed E-state index contributed by atoms with van der Waals surface area (Å²) < 4.78 is 11.8. The van der Waals surface area contributed by atoms with Crippen LogP contribution >= 0.6 is 0 Å². The molecule has 0 spiro atoms. The number of hydrogen-bond acceptors (Lipinski definition) is 4. The Bertz CT molecular complexity index is 1280. The molecule has 7 heteroatoms. The molecule has 3 aromatic rings. The Kier molecular flexibility index (Phi) is 7.83. The van der Waals surface area contributed by atoms with Crippen LogP contribution in [-0.2, 0) is 22.5 Å².